The Morgan fingerprint density at radius 1 is 1.00 bits per heavy atom. The van der Waals surface area contributed by atoms with Gasteiger partial charge in [0, 0.05) is 22.6 Å². The Balaban J connectivity index is 1.42. The summed E-state index contributed by atoms with van der Waals surface area (Å²) in [6, 6.07) is 20.6. The van der Waals surface area contributed by atoms with Crippen LogP contribution in [-0.2, 0) is 16.2 Å². The minimum Gasteiger partial charge on any atom is -0.489 e. The van der Waals surface area contributed by atoms with E-state index in [0.717, 1.165) is 22.0 Å². The number of anilines is 1. The summed E-state index contributed by atoms with van der Waals surface area (Å²) in [4.78, 5) is 27.5. The lowest BCUT2D eigenvalue weighted by atomic mass is 10.1. The maximum absolute atomic E-state index is 13.9. The molecule has 0 unspecified atom stereocenters. The first-order valence-corrected chi connectivity index (χ1v) is 13.3. The maximum atomic E-state index is 13.9. The molecule has 40 heavy (non-hydrogen) atoms. The molecule has 1 aromatic heterocycles. The lowest BCUT2D eigenvalue weighted by Crippen LogP contribution is -2.54. The van der Waals surface area contributed by atoms with Crippen LogP contribution in [0.5, 0.6) is 5.75 Å². The number of halogens is 3. The van der Waals surface area contributed by atoms with Crippen molar-refractivity contribution in [2.45, 2.75) is 20.5 Å². The van der Waals surface area contributed by atoms with Gasteiger partial charge in [-0.05, 0) is 86.2 Å². The van der Waals surface area contributed by atoms with Gasteiger partial charge < -0.3 is 9.30 Å². The van der Waals surface area contributed by atoms with Gasteiger partial charge in [0.25, 0.3) is 11.8 Å². The number of rotatable bonds is 6. The average Bonchev–Trinajstić information content (AvgIpc) is 3.21. The molecule has 0 atom stereocenters. The summed E-state index contributed by atoms with van der Waals surface area (Å²) in [6.07, 6.45) is 1.54. The van der Waals surface area contributed by atoms with Crippen LogP contribution in [0.3, 0.4) is 0 Å². The Labute approximate surface area is 245 Å². The van der Waals surface area contributed by atoms with Gasteiger partial charge >= 0.3 is 0 Å². The highest BCUT2D eigenvalue weighted by Gasteiger charge is 2.36. The van der Waals surface area contributed by atoms with E-state index < -0.39 is 11.8 Å². The summed E-state index contributed by atoms with van der Waals surface area (Å²) in [7, 11) is 0. The van der Waals surface area contributed by atoms with E-state index in [2.05, 4.69) is 5.32 Å². The van der Waals surface area contributed by atoms with Crippen LogP contribution in [0.25, 0.3) is 11.8 Å². The third-order valence-corrected chi connectivity index (χ3v) is 7.58. The number of ether oxygens (including phenoxy) is 1. The molecule has 5 rings (SSSR count). The van der Waals surface area contributed by atoms with E-state index in [1.807, 2.05) is 36.6 Å². The predicted octanol–water partition coefficient (Wildman–Crippen LogP) is 6.95. The molecule has 1 aliphatic heterocycles. The first-order valence-electron chi connectivity index (χ1n) is 12.2. The fraction of sp³-hybridized carbons (Fsp3) is 0.100. The van der Waals surface area contributed by atoms with E-state index in [4.69, 9.17) is 40.2 Å². The highest BCUT2D eigenvalue weighted by molar-refractivity contribution is 7.80. The van der Waals surface area contributed by atoms with E-state index in [1.165, 1.54) is 12.1 Å². The Hall–Kier alpha value is -3.98. The van der Waals surface area contributed by atoms with Crippen molar-refractivity contribution in [3.63, 3.8) is 0 Å². The van der Waals surface area contributed by atoms with Crippen LogP contribution in [0.4, 0.5) is 10.1 Å². The molecule has 0 saturated carbocycles. The van der Waals surface area contributed by atoms with E-state index >= 15 is 0 Å². The summed E-state index contributed by atoms with van der Waals surface area (Å²) in [5.41, 5.74) is 3.88. The van der Waals surface area contributed by atoms with Crippen molar-refractivity contribution in [2.75, 3.05) is 4.90 Å². The smallest absolute Gasteiger partial charge is 0.270 e. The molecule has 3 aromatic carbocycles. The minimum absolute atomic E-state index is 0.0842. The normalized spacial score (nSPS) is 14.6. The maximum Gasteiger partial charge on any atom is 0.270 e. The van der Waals surface area contributed by atoms with E-state index in [9.17, 15) is 14.0 Å². The summed E-state index contributed by atoms with van der Waals surface area (Å²) in [6.45, 7) is 3.93. The van der Waals surface area contributed by atoms with Crippen LogP contribution in [0.1, 0.15) is 22.5 Å². The lowest BCUT2D eigenvalue weighted by Gasteiger charge is -2.29. The number of hydrogen-bond donors (Lipinski definition) is 1. The fourth-order valence-electron chi connectivity index (χ4n) is 4.50. The molecule has 1 saturated heterocycles. The first kappa shape index (κ1) is 27.6. The molecular formula is C30H22Cl2FN3O3S. The number of nitrogens with zero attached hydrogens (tertiary/aromatic N) is 2. The summed E-state index contributed by atoms with van der Waals surface area (Å²) in [5, 5.41) is 2.88. The molecule has 4 aromatic rings. The molecule has 10 heteroatoms. The number of hydrogen-bond acceptors (Lipinski definition) is 4. The van der Waals surface area contributed by atoms with E-state index in [1.54, 1.807) is 48.5 Å². The summed E-state index contributed by atoms with van der Waals surface area (Å²) < 4.78 is 21.6. The molecule has 0 aliphatic carbocycles. The zero-order valence-corrected chi connectivity index (χ0v) is 23.7. The van der Waals surface area contributed by atoms with E-state index in [0.29, 0.717) is 16.9 Å². The Kier molecular flexibility index (Phi) is 7.76. The molecule has 1 fully saturated rings. The fourth-order valence-corrected chi connectivity index (χ4v) is 5.15. The number of carbonyl (C=O) groups is 2. The standard InChI is InChI=1S/C30H22Cl2FN3O3S/c1-17-14-20(15-23-28(37)34-30(40)36(29(23)38)26-9-5-7-24(31)27(26)32)18(2)35(17)21-10-12-22(13-11-21)39-16-19-6-3-4-8-25(19)33/h3-15H,16H2,1-2H3,(H,34,37,40). The Morgan fingerprint density at radius 2 is 1.73 bits per heavy atom. The number of carbonyl (C=O) groups excluding carboxylic acids is 2. The van der Waals surface area contributed by atoms with Gasteiger partial charge in [-0.15, -0.1) is 0 Å². The van der Waals surface area contributed by atoms with Gasteiger partial charge in [0.05, 0.1) is 15.7 Å². The summed E-state index contributed by atoms with van der Waals surface area (Å²) in [5.74, 6) is -0.938. The Bertz CT molecular complexity index is 1700. The SMILES string of the molecule is Cc1cc(C=C2C(=O)NC(=S)N(c3cccc(Cl)c3Cl)C2=O)c(C)n1-c1ccc(OCc2ccccc2F)cc1. The minimum atomic E-state index is -0.612. The predicted molar refractivity (Wildman–Crippen MR) is 159 cm³/mol. The zero-order valence-electron chi connectivity index (χ0n) is 21.4. The average molecular weight is 594 g/mol. The van der Waals surface area contributed by atoms with Crippen LogP contribution in [0.2, 0.25) is 10.0 Å². The van der Waals surface area contributed by atoms with Gasteiger partial charge in [0.15, 0.2) is 5.11 Å². The van der Waals surface area contributed by atoms with Crippen molar-refractivity contribution in [1.82, 2.24) is 9.88 Å². The molecule has 6 nitrogen and oxygen atoms in total. The first-order chi connectivity index (χ1) is 19.2. The molecule has 1 aliphatic rings. The highest BCUT2D eigenvalue weighted by atomic mass is 35.5. The molecule has 1 N–H and O–H groups in total. The van der Waals surface area contributed by atoms with Gasteiger partial charge in [-0.3, -0.25) is 19.8 Å². The van der Waals surface area contributed by atoms with Gasteiger partial charge in [-0.2, -0.15) is 0 Å². The monoisotopic (exact) mass is 593 g/mol. The van der Waals surface area contributed by atoms with Crippen molar-refractivity contribution in [3.05, 3.63) is 117 Å². The number of benzene rings is 3. The van der Waals surface area contributed by atoms with Crippen LogP contribution >= 0.6 is 35.4 Å². The van der Waals surface area contributed by atoms with E-state index in [-0.39, 0.29) is 38.8 Å². The second-order valence-corrected chi connectivity index (χ2v) is 10.2. The second kappa shape index (κ2) is 11.3. The quantitative estimate of drug-likeness (QED) is 0.149. The number of amides is 2. The lowest BCUT2D eigenvalue weighted by molar-refractivity contribution is -0.122. The van der Waals surface area contributed by atoms with Gasteiger partial charge in [-0.1, -0.05) is 47.5 Å². The summed E-state index contributed by atoms with van der Waals surface area (Å²) >= 11 is 17.8. The molecule has 202 valence electrons. The zero-order chi connectivity index (χ0) is 28.6. The number of nitrogens with one attached hydrogen (secondary N) is 1. The van der Waals surface area contributed by atoms with Crippen molar-refractivity contribution in [1.29, 1.82) is 0 Å². The van der Waals surface area contributed by atoms with Crippen LogP contribution in [0.15, 0.2) is 78.4 Å². The van der Waals surface area contributed by atoms with Crippen molar-refractivity contribution < 1.29 is 18.7 Å². The molecule has 0 bridgehead atoms. The Morgan fingerprint density at radius 3 is 2.45 bits per heavy atom. The molecule has 0 spiro atoms. The van der Waals surface area contributed by atoms with Crippen LogP contribution in [-0.4, -0.2) is 21.5 Å². The van der Waals surface area contributed by atoms with Crippen molar-refractivity contribution in [2.24, 2.45) is 0 Å². The molecule has 0 radical (unpaired) electrons. The van der Waals surface area contributed by atoms with Gasteiger partial charge in [0.1, 0.15) is 23.7 Å². The molecule has 2 amide bonds. The molecular weight excluding hydrogens is 572 g/mol. The van der Waals surface area contributed by atoms with Crippen LogP contribution < -0.4 is 15.0 Å². The third-order valence-electron chi connectivity index (χ3n) is 6.49. The van der Waals surface area contributed by atoms with Crippen molar-refractivity contribution >= 4 is 64.1 Å². The van der Waals surface area contributed by atoms with Crippen molar-refractivity contribution in [3.8, 4) is 11.4 Å². The molecule has 2 heterocycles. The largest absolute Gasteiger partial charge is 0.489 e. The van der Waals surface area contributed by atoms with Crippen LogP contribution in [0, 0.1) is 19.7 Å². The second-order valence-electron chi connectivity index (χ2n) is 9.07. The topological polar surface area (TPSA) is 63.6 Å². The third kappa shape index (κ3) is 5.25. The highest BCUT2D eigenvalue weighted by Crippen LogP contribution is 2.35. The number of thiocarbonyl (C=S) groups is 1. The van der Waals surface area contributed by atoms with Gasteiger partial charge in [-0.25, -0.2) is 4.39 Å². The van der Waals surface area contributed by atoms with Gasteiger partial charge in [0.2, 0.25) is 0 Å². The number of aromatic nitrogens is 1. The number of aryl methyl sites for hydroxylation is 1.